The summed E-state index contributed by atoms with van der Waals surface area (Å²) >= 11 is 0. The predicted octanol–water partition coefficient (Wildman–Crippen LogP) is 4.92. The number of rotatable bonds is 9. The zero-order valence-corrected chi connectivity index (χ0v) is 16.6. The summed E-state index contributed by atoms with van der Waals surface area (Å²) in [6.07, 6.45) is 3.31. The van der Waals surface area contributed by atoms with Gasteiger partial charge >= 0.3 is 0 Å². The fourth-order valence-electron chi connectivity index (χ4n) is 2.95. The molecule has 0 bridgehead atoms. The zero-order valence-electron chi connectivity index (χ0n) is 16.6. The van der Waals surface area contributed by atoms with Gasteiger partial charge in [0.15, 0.2) is 0 Å². The first-order valence-electron chi connectivity index (χ1n) is 9.99. The smallest absolute Gasteiger partial charge is 0.255 e. The molecule has 3 rings (SSSR count). The number of hydrogen-bond donors (Lipinski definition) is 1. The van der Waals surface area contributed by atoms with Crippen molar-refractivity contribution in [1.29, 1.82) is 0 Å². The molecule has 1 fully saturated rings. The second-order valence-corrected chi connectivity index (χ2v) is 7.48. The molecule has 0 saturated carbocycles. The third-order valence-electron chi connectivity index (χ3n) is 4.63. The first-order valence-corrected chi connectivity index (χ1v) is 9.99. The van der Waals surface area contributed by atoms with E-state index in [9.17, 15) is 4.79 Å². The van der Waals surface area contributed by atoms with Crippen LogP contribution in [0.25, 0.3) is 0 Å². The highest BCUT2D eigenvalue weighted by Crippen LogP contribution is 2.20. The molecule has 1 atom stereocenters. The minimum absolute atomic E-state index is 0.162. The molecule has 5 heteroatoms. The highest BCUT2D eigenvalue weighted by Gasteiger charge is 2.16. The van der Waals surface area contributed by atoms with E-state index in [1.807, 2.05) is 36.4 Å². The number of carbonyl (C=O) groups is 1. The maximum atomic E-state index is 12.5. The Bertz CT molecular complexity index is 751. The summed E-state index contributed by atoms with van der Waals surface area (Å²) in [6, 6.07) is 14.6. The van der Waals surface area contributed by atoms with Crippen molar-refractivity contribution < 1.29 is 19.0 Å². The van der Waals surface area contributed by atoms with Gasteiger partial charge in [0.2, 0.25) is 0 Å². The lowest BCUT2D eigenvalue weighted by Gasteiger charge is -2.12. The van der Waals surface area contributed by atoms with Gasteiger partial charge in [-0.05, 0) is 61.6 Å². The molecule has 0 spiro atoms. The zero-order chi connectivity index (χ0) is 19.8. The molecule has 2 aromatic carbocycles. The van der Waals surface area contributed by atoms with Gasteiger partial charge in [0, 0.05) is 23.9 Å². The van der Waals surface area contributed by atoms with E-state index in [2.05, 4.69) is 19.2 Å². The van der Waals surface area contributed by atoms with Gasteiger partial charge in [-0.1, -0.05) is 19.9 Å². The van der Waals surface area contributed by atoms with Crippen molar-refractivity contribution in [3.63, 3.8) is 0 Å². The van der Waals surface area contributed by atoms with Crippen molar-refractivity contribution in [2.24, 2.45) is 5.92 Å². The van der Waals surface area contributed by atoms with Gasteiger partial charge in [0.25, 0.3) is 5.91 Å². The maximum absolute atomic E-state index is 12.5. The minimum atomic E-state index is -0.162. The molecule has 1 amide bonds. The van der Waals surface area contributed by atoms with Crippen molar-refractivity contribution in [2.75, 3.05) is 25.1 Å². The van der Waals surface area contributed by atoms with Crippen molar-refractivity contribution in [1.82, 2.24) is 0 Å². The summed E-state index contributed by atoms with van der Waals surface area (Å²) in [4.78, 5) is 12.5. The fourth-order valence-corrected chi connectivity index (χ4v) is 2.95. The number of hydrogen-bond acceptors (Lipinski definition) is 4. The van der Waals surface area contributed by atoms with Crippen LogP contribution in [0.1, 0.15) is 43.5 Å². The van der Waals surface area contributed by atoms with E-state index in [0.717, 1.165) is 37.4 Å². The van der Waals surface area contributed by atoms with Crippen molar-refractivity contribution in [3.05, 3.63) is 54.1 Å². The van der Waals surface area contributed by atoms with Gasteiger partial charge in [-0.25, -0.2) is 0 Å². The van der Waals surface area contributed by atoms with Crippen LogP contribution in [0, 0.1) is 5.92 Å². The summed E-state index contributed by atoms with van der Waals surface area (Å²) in [6.45, 7) is 6.37. The molecule has 150 valence electrons. The molecule has 0 aromatic heterocycles. The average molecular weight is 383 g/mol. The Labute approximate surface area is 167 Å². The van der Waals surface area contributed by atoms with Gasteiger partial charge in [0.05, 0.1) is 12.7 Å². The van der Waals surface area contributed by atoms with Crippen LogP contribution in [0.15, 0.2) is 48.5 Å². The molecule has 1 N–H and O–H groups in total. The van der Waals surface area contributed by atoms with Gasteiger partial charge in [-0.3, -0.25) is 4.79 Å². The van der Waals surface area contributed by atoms with Crippen LogP contribution in [0.5, 0.6) is 11.5 Å². The van der Waals surface area contributed by atoms with E-state index in [1.165, 1.54) is 0 Å². The molecule has 28 heavy (non-hydrogen) atoms. The van der Waals surface area contributed by atoms with Crippen molar-refractivity contribution >= 4 is 11.6 Å². The third-order valence-corrected chi connectivity index (χ3v) is 4.63. The van der Waals surface area contributed by atoms with Crippen LogP contribution in [0.4, 0.5) is 5.69 Å². The summed E-state index contributed by atoms with van der Waals surface area (Å²) in [7, 11) is 0. The quantitative estimate of drug-likeness (QED) is 0.668. The lowest BCUT2D eigenvalue weighted by molar-refractivity contribution is 0.0679. The van der Waals surface area contributed by atoms with Crippen LogP contribution in [0.3, 0.4) is 0 Å². The number of amides is 1. The lowest BCUT2D eigenvalue weighted by atomic mass is 10.1. The van der Waals surface area contributed by atoms with E-state index in [4.69, 9.17) is 14.2 Å². The molecular weight excluding hydrogens is 354 g/mol. The normalized spacial score (nSPS) is 16.2. The number of benzene rings is 2. The Balaban J connectivity index is 1.51. The van der Waals surface area contributed by atoms with Crippen LogP contribution in [-0.2, 0) is 4.74 Å². The third kappa shape index (κ3) is 6.27. The van der Waals surface area contributed by atoms with Gasteiger partial charge in [-0.2, -0.15) is 0 Å². The highest BCUT2D eigenvalue weighted by molar-refractivity contribution is 6.04. The highest BCUT2D eigenvalue weighted by atomic mass is 16.5. The molecule has 2 aromatic rings. The van der Waals surface area contributed by atoms with Gasteiger partial charge < -0.3 is 19.5 Å². The average Bonchev–Trinajstić information content (AvgIpc) is 3.20. The van der Waals surface area contributed by atoms with E-state index < -0.39 is 0 Å². The molecular formula is C23H29NO4. The number of anilines is 1. The van der Waals surface area contributed by atoms with Crippen LogP contribution >= 0.6 is 0 Å². The van der Waals surface area contributed by atoms with Crippen molar-refractivity contribution in [2.45, 2.75) is 39.2 Å². The molecule has 0 radical (unpaired) electrons. The molecule has 1 unspecified atom stereocenters. The lowest BCUT2D eigenvalue weighted by Crippen LogP contribution is -2.16. The standard InChI is InChI=1S/C23H29NO4/c1-17(2)12-14-27-21-6-3-5-19(15-21)24-23(25)18-8-10-20(11-9-18)28-16-22-7-4-13-26-22/h3,5-6,8-11,15,17,22H,4,7,12-14,16H2,1-2H3,(H,24,25). The molecule has 1 saturated heterocycles. The Hall–Kier alpha value is -2.53. The number of ether oxygens (including phenoxy) is 3. The van der Waals surface area contributed by atoms with Crippen LogP contribution < -0.4 is 14.8 Å². The second kappa shape index (κ2) is 10.1. The molecule has 5 nitrogen and oxygen atoms in total. The summed E-state index contributed by atoms with van der Waals surface area (Å²) < 4.78 is 17.0. The topological polar surface area (TPSA) is 56.8 Å². The maximum Gasteiger partial charge on any atom is 0.255 e. The van der Waals surface area contributed by atoms with Gasteiger partial charge in [-0.15, -0.1) is 0 Å². The Morgan fingerprint density at radius 2 is 1.96 bits per heavy atom. The molecule has 1 aliphatic heterocycles. The predicted molar refractivity (Wildman–Crippen MR) is 110 cm³/mol. The second-order valence-electron chi connectivity index (χ2n) is 7.48. The first-order chi connectivity index (χ1) is 13.6. The van der Waals surface area contributed by atoms with E-state index in [1.54, 1.807) is 12.1 Å². The summed E-state index contributed by atoms with van der Waals surface area (Å²) in [5.74, 6) is 1.94. The largest absolute Gasteiger partial charge is 0.494 e. The minimum Gasteiger partial charge on any atom is -0.494 e. The van der Waals surface area contributed by atoms with E-state index in [-0.39, 0.29) is 12.0 Å². The molecule has 0 aliphatic carbocycles. The number of carbonyl (C=O) groups excluding carboxylic acids is 1. The van der Waals surface area contributed by atoms with Crippen LogP contribution in [-0.4, -0.2) is 31.8 Å². The first kappa shape index (κ1) is 20.2. The molecule has 1 aliphatic rings. The summed E-state index contributed by atoms with van der Waals surface area (Å²) in [5, 5.41) is 2.91. The van der Waals surface area contributed by atoms with E-state index in [0.29, 0.717) is 30.4 Å². The Morgan fingerprint density at radius 1 is 1.14 bits per heavy atom. The Morgan fingerprint density at radius 3 is 2.68 bits per heavy atom. The monoisotopic (exact) mass is 383 g/mol. The SMILES string of the molecule is CC(C)CCOc1cccc(NC(=O)c2ccc(OCC3CCCO3)cc2)c1. The number of nitrogens with one attached hydrogen (secondary N) is 1. The Kier molecular flexibility index (Phi) is 7.31. The van der Waals surface area contributed by atoms with Crippen LogP contribution in [0.2, 0.25) is 0 Å². The van der Waals surface area contributed by atoms with E-state index >= 15 is 0 Å². The van der Waals surface area contributed by atoms with Crippen molar-refractivity contribution in [3.8, 4) is 11.5 Å². The van der Waals surface area contributed by atoms with Gasteiger partial charge in [0.1, 0.15) is 18.1 Å². The summed E-state index contributed by atoms with van der Waals surface area (Å²) in [5.41, 5.74) is 1.29. The molecule has 1 heterocycles. The fraction of sp³-hybridized carbons (Fsp3) is 0.435.